The Morgan fingerprint density at radius 2 is 1.47 bits per heavy atom. The average Bonchev–Trinajstić information content (AvgIpc) is 3.01. The number of carboxylic acid groups (broad SMARTS) is 3. The molecule has 1 heterocycles. The summed E-state index contributed by atoms with van der Waals surface area (Å²) in [5.74, 6) is -4.67. The minimum absolute atomic E-state index is 0.108. The van der Waals surface area contributed by atoms with Crippen LogP contribution in [0.2, 0.25) is 0 Å². The number of hydrogen-bond acceptors (Lipinski definition) is 10. The van der Waals surface area contributed by atoms with Crippen LogP contribution in [0.3, 0.4) is 0 Å². The standard InChI is InChI=1S/C32H36N4O11S2/c1-5-35(13-11-33-48(3,43)44)19-7-9-21-27(15-19)47-28-16-20(36(6-2)14-12-34-49(4,45)46)8-10-22(28)29(21)23-17-25(31(39)40)26(32(41)42)18-24(23)30(37)38/h7-10,15-18,33-34H,5-6,11-14H2,1-4H3,(H2-,37,38,39,40,41,42). The van der Waals surface area contributed by atoms with Gasteiger partial charge in [-0.15, -0.1) is 0 Å². The summed E-state index contributed by atoms with van der Waals surface area (Å²) < 4.78 is 59.6. The van der Waals surface area contributed by atoms with Crippen LogP contribution in [0.15, 0.2) is 52.9 Å². The van der Waals surface area contributed by atoms with Crippen LogP contribution in [0.1, 0.15) is 44.9 Å². The van der Waals surface area contributed by atoms with E-state index in [-0.39, 0.29) is 35.6 Å². The van der Waals surface area contributed by atoms with Crippen molar-refractivity contribution < 1.29 is 51.0 Å². The molecule has 0 bridgehead atoms. The van der Waals surface area contributed by atoms with Crippen molar-refractivity contribution >= 4 is 54.6 Å². The molecule has 15 nitrogen and oxygen atoms in total. The van der Waals surface area contributed by atoms with Gasteiger partial charge >= 0.3 is 11.9 Å². The SMILES string of the molecule is CCN(CCNS(C)(=O)=O)c1ccc2c(-c3cc(C(=O)O)c(C(=O)O)cc3C(=O)[O-])c3ccc(=[N+](CC)CCNS(C)(=O)=O)cc-3oc2c1. The highest BCUT2D eigenvalue weighted by molar-refractivity contribution is 7.89. The summed E-state index contributed by atoms with van der Waals surface area (Å²) in [6, 6.07) is 11.9. The quantitative estimate of drug-likeness (QED) is 0.0984. The maximum atomic E-state index is 12.4. The van der Waals surface area contributed by atoms with Crippen LogP contribution in [-0.4, -0.2) is 96.7 Å². The van der Waals surface area contributed by atoms with E-state index < -0.39 is 54.6 Å². The van der Waals surface area contributed by atoms with Crippen molar-refractivity contribution in [2.24, 2.45) is 0 Å². The first kappa shape index (κ1) is 37.0. The first-order valence-corrected chi connectivity index (χ1v) is 18.8. The van der Waals surface area contributed by atoms with E-state index in [4.69, 9.17) is 4.42 Å². The lowest BCUT2D eigenvalue weighted by molar-refractivity contribution is -0.254. The van der Waals surface area contributed by atoms with Gasteiger partial charge < -0.3 is 29.4 Å². The minimum Gasteiger partial charge on any atom is -0.545 e. The topological polar surface area (TPSA) is 226 Å². The fourth-order valence-electron chi connectivity index (χ4n) is 5.55. The molecule has 0 aromatic heterocycles. The van der Waals surface area contributed by atoms with Gasteiger partial charge in [-0.1, -0.05) is 0 Å². The number of rotatable bonds is 15. The van der Waals surface area contributed by atoms with Gasteiger partial charge in [-0.3, -0.25) is 0 Å². The molecule has 0 fully saturated rings. The molecule has 0 radical (unpaired) electrons. The molecule has 0 spiro atoms. The van der Waals surface area contributed by atoms with Gasteiger partial charge in [0.05, 0.1) is 42.2 Å². The summed E-state index contributed by atoms with van der Waals surface area (Å²) in [6.07, 6.45) is 2.11. The van der Waals surface area contributed by atoms with E-state index in [1.54, 1.807) is 36.4 Å². The molecule has 49 heavy (non-hydrogen) atoms. The molecule has 2 aliphatic rings. The van der Waals surface area contributed by atoms with Gasteiger partial charge in [0, 0.05) is 59.5 Å². The highest BCUT2D eigenvalue weighted by Crippen LogP contribution is 2.42. The summed E-state index contributed by atoms with van der Waals surface area (Å²) in [5, 5.41) is 33.0. The molecular weight excluding hydrogens is 681 g/mol. The van der Waals surface area contributed by atoms with E-state index in [9.17, 15) is 46.5 Å². The smallest absolute Gasteiger partial charge is 0.336 e. The second kappa shape index (κ2) is 14.7. The van der Waals surface area contributed by atoms with Crippen LogP contribution < -0.4 is 29.4 Å². The second-order valence-corrected chi connectivity index (χ2v) is 14.8. The predicted octanol–water partition coefficient (Wildman–Crippen LogP) is 0.681. The number of carboxylic acids is 3. The number of nitrogens with zero attached hydrogens (tertiary/aromatic N) is 2. The number of benzene rings is 3. The van der Waals surface area contributed by atoms with Crippen molar-refractivity contribution in [1.29, 1.82) is 0 Å². The molecule has 17 heteroatoms. The lowest BCUT2D eigenvalue weighted by atomic mass is 9.88. The van der Waals surface area contributed by atoms with E-state index in [1.165, 1.54) is 0 Å². The Hall–Kier alpha value is -4.84. The number of fused-ring (bicyclic) bond motifs is 2. The largest absolute Gasteiger partial charge is 0.545 e. The molecule has 4 N–H and O–H groups in total. The third-order valence-electron chi connectivity index (χ3n) is 7.78. The fraction of sp³-hybridized carbons (Fsp3) is 0.312. The van der Waals surface area contributed by atoms with E-state index in [0.717, 1.165) is 24.6 Å². The number of nitrogens with one attached hydrogen (secondary N) is 2. The molecule has 0 atom stereocenters. The Morgan fingerprint density at radius 3 is 2.04 bits per heavy atom. The fourth-order valence-corrected chi connectivity index (χ4v) is 6.48. The zero-order valence-corrected chi connectivity index (χ0v) is 28.8. The second-order valence-electron chi connectivity index (χ2n) is 11.2. The molecule has 0 saturated heterocycles. The minimum atomic E-state index is -3.43. The molecule has 2 aromatic carbocycles. The number of likely N-dealkylation sites (N-methyl/N-ethyl adjacent to an activating group) is 2. The zero-order chi connectivity index (χ0) is 36.3. The molecule has 262 valence electrons. The first-order chi connectivity index (χ1) is 22.9. The molecule has 4 rings (SSSR count). The van der Waals surface area contributed by atoms with Crippen molar-refractivity contribution in [3.05, 3.63) is 70.6 Å². The van der Waals surface area contributed by atoms with Gasteiger partial charge in [-0.05, 0) is 49.7 Å². The van der Waals surface area contributed by atoms with Gasteiger partial charge in [0.15, 0.2) is 6.54 Å². The monoisotopic (exact) mass is 716 g/mol. The number of carbonyl (C=O) groups excluding carboxylic acids is 1. The van der Waals surface area contributed by atoms with E-state index in [0.29, 0.717) is 48.2 Å². The molecule has 0 saturated carbocycles. The summed E-state index contributed by atoms with van der Waals surface area (Å²) in [7, 11) is -6.85. The van der Waals surface area contributed by atoms with E-state index in [1.807, 2.05) is 23.3 Å². The van der Waals surface area contributed by atoms with Crippen molar-refractivity contribution in [3.63, 3.8) is 0 Å². The average molecular weight is 717 g/mol. The Bertz CT molecular complexity index is 2210. The van der Waals surface area contributed by atoms with Crippen LogP contribution in [0.5, 0.6) is 0 Å². The predicted molar refractivity (Wildman–Crippen MR) is 181 cm³/mol. The van der Waals surface area contributed by atoms with E-state index in [2.05, 4.69) is 9.44 Å². The maximum absolute atomic E-state index is 12.4. The van der Waals surface area contributed by atoms with Crippen LogP contribution in [-0.2, 0) is 20.0 Å². The highest BCUT2D eigenvalue weighted by atomic mass is 32.2. The zero-order valence-electron chi connectivity index (χ0n) is 27.1. The molecule has 2 aromatic rings. The van der Waals surface area contributed by atoms with Crippen molar-refractivity contribution in [3.8, 4) is 22.5 Å². The van der Waals surface area contributed by atoms with Gasteiger partial charge in [0.25, 0.3) is 0 Å². The van der Waals surface area contributed by atoms with E-state index >= 15 is 0 Å². The van der Waals surface area contributed by atoms with Crippen molar-refractivity contribution in [2.45, 2.75) is 13.8 Å². The first-order valence-electron chi connectivity index (χ1n) is 15.0. The summed E-state index contributed by atoms with van der Waals surface area (Å²) in [5.41, 5.74) is -0.484. The highest BCUT2D eigenvalue weighted by Gasteiger charge is 2.26. The Morgan fingerprint density at radius 1 is 0.837 bits per heavy atom. The number of sulfonamides is 2. The summed E-state index contributed by atoms with van der Waals surface area (Å²) in [6.45, 7) is 5.59. The Labute approximate surface area is 282 Å². The van der Waals surface area contributed by atoms with Crippen LogP contribution in [0, 0.1) is 0 Å². The molecule has 1 aliphatic carbocycles. The normalized spacial score (nSPS) is 12.7. The van der Waals surface area contributed by atoms with Crippen LogP contribution in [0.4, 0.5) is 5.69 Å². The molecule has 0 amide bonds. The van der Waals surface area contributed by atoms with Gasteiger partial charge in [-0.25, -0.2) is 40.4 Å². The molecule has 1 aliphatic heterocycles. The lowest BCUT2D eigenvalue weighted by Crippen LogP contribution is -2.37. The lowest BCUT2D eigenvalue weighted by Gasteiger charge is -2.24. The molecular formula is C32H36N4O11S2. The maximum Gasteiger partial charge on any atom is 0.336 e. The van der Waals surface area contributed by atoms with Crippen molar-refractivity contribution in [2.75, 3.05) is 56.7 Å². The van der Waals surface area contributed by atoms with Crippen molar-refractivity contribution in [1.82, 2.24) is 14.0 Å². The summed E-state index contributed by atoms with van der Waals surface area (Å²) >= 11 is 0. The number of anilines is 1. The Kier molecular flexibility index (Phi) is 11.1. The molecule has 0 unspecified atom stereocenters. The third-order valence-corrected chi connectivity index (χ3v) is 9.24. The van der Waals surface area contributed by atoms with Gasteiger partial charge in [0.2, 0.25) is 25.4 Å². The number of carbonyl (C=O) groups is 3. The third kappa shape index (κ3) is 8.80. The van der Waals surface area contributed by atoms with Crippen LogP contribution in [0.25, 0.3) is 33.4 Å². The number of aromatic carboxylic acids is 3. The van der Waals surface area contributed by atoms with Crippen LogP contribution >= 0.6 is 0 Å². The Balaban J connectivity index is 2.06. The van der Waals surface area contributed by atoms with Gasteiger partial charge in [-0.2, -0.15) is 0 Å². The van der Waals surface area contributed by atoms with Gasteiger partial charge in [0.1, 0.15) is 17.9 Å². The summed E-state index contributed by atoms with van der Waals surface area (Å²) in [4.78, 5) is 38.4. The number of hydrogen-bond donors (Lipinski definition) is 4.